The minimum absolute atomic E-state index is 0.248. The Morgan fingerprint density at radius 1 is 1.12 bits per heavy atom. The Bertz CT molecular complexity index is 272. The SMILES string of the molecule is CCC(CC)(CS)COCc1ccccc1. The fraction of sp³-hybridized carbons (Fsp3) is 0.571. The predicted octanol–water partition coefficient (Wildman–Crippen LogP) is 3.94. The molecule has 0 aromatic heterocycles. The van der Waals surface area contributed by atoms with Gasteiger partial charge in [-0.1, -0.05) is 44.2 Å². The van der Waals surface area contributed by atoms with Crippen molar-refractivity contribution in [3.05, 3.63) is 35.9 Å². The summed E-state index contributed by atoms with van der Waals surface area (Å²) in [6.07, 6.45) is 2.25. The number of hydrogen-bond donors (Lipinski definition) is 1. The highest BCUT2D eigenvalue weighted by Gasteiger charge is 2.24. The van der Waals surface area contributed by atoms with Crippen LogP contribution in [0.5, 0.6) is 0 Å². The van der Waals surface area contributed by atoms with E-state index < -0.39 is 0 Å². The smallest absolute Gasteiger partial charge is 0.0717 e. The van der Waals surface area contributed by atoms with Crippen LogP contribution in [0.4, 0.5) is 0 Å². The van der Waals surface area contributed by atoms with Crippen molar-refractivity contribution in [2.75, 3.05) is 12.4 Å². The van der Waals surface area contributed by atoms with E-state index in [0.717, 1.165) is 25.2 Å². The lowest BCUT2D eigenvalue weighted by Gasteiger charge is -2.29. The summed E-state index contributed by atoms with van der Waals surface area (Å²) in [4.78, 5) is 0. The Hall–Kier alpha value is -0.470. The number of thiol groups is 1. The molecule has 1 nitrogen and oxygen atoms in total. The maximum absolute atomic E-state index is 5.81. The van der Waals surface area contributed by atoms with Crippen molar-refractivity contribution in [3.8, 4) is 0 Å². The molecular weight excluding hydrogens is 216 g/mol. The van der Waals surface area contributed by atoms with E-state index in [1.165, 1.54) is 5.56 Å². The molecule has 0 aliphatic heterocycles. The van der Waals surface area contributed by atoms with Gasteiger partial charge >= 0.3 is 0 Å². The van der Waals surface area contributed by atoms with Gasteiger partial charge < -0.3 is 4.74 Å². The second-order valence-electron chi connectivity index (χ2n) is 4.34. The summed E-state index contributed by atoms with van der Waals surface area (Å²) in [5.41, 5.74) is 1.49. The van der Waals surface area contributed by atoms with Crippen LogP contribution < -0.4 is 0 Å². The van der Waals surface area contributed by atoms with Gasteiger partial charge in [-0.3, -0.25) is 0 Å². The molecule has 1 aromatic carbocycles. The molecule has 0 bridgehead atoms. The lowest BCUT2D eigenvalue weighted by molar-refractivity contribution is 0.0408. The Morgan fingerprint density at radius 3 is 2.25 bits per heavy atom. The number of hydrogen-bond acceptors (Lipinski definition) is 2. The minimum atomic E-state index is 0.248. The first-order chi connectivity index (χ1) is 7.76. The molecular formula is C14H22OS. The van der Waals surface area contributed by atoms with Crippen LogP contribution in [-0.4, -0.2) is 12.4 Å². The zero-order chi connectivity index (χ0) is 11.9. The highest BCUT2D eigenvalue weighted by molar-refractivity contribution is 7.80. The standard InChI is InChI=1S/C14H22OS/c1-3-14(4-2,12-16)11-15-10-13-8-6-5-7-9-13/h5-9,16H,3-4,10-12H2,1-2H3. The average molecular weight is 238 g/mol. The van der Waals surface area contributed by atoms with Gasteiger partial charge in [-0.2, -0.15) is 12.6 Å². The summed E-state index contributed by atoms with van der Waals surface area (Å²) < 4.78 is 5.81. The van der Waals surface area contributed by atoms with Gasteiger partial charge in [0, 0.05) is 5.41 Å². The summed E-state index contributed by atoms with van der Waals surface area (Å²) >= 11 is 4.44. The van der Waals surface area contributed by atoms with E-state index in [4.69, 9.17) is 4.74 Å². The normalized spacial score (nSPS) is 11.7. The van der Waals surface area contributed by atoms with Gasteiger partial charge in [0.1, 0.15) is 0 Å². The van der Waals surface area contributed by atoms with E-state index in [-0.39, 0.29) is 5.41 Å². The van der Waals surface area contributed by atoms with Gasteiger partial charge in [0.2, 0.25) is 0 Å². The van der Waals surface area contributed by atoms with Crippen LogP contribution in [0.3, 0.4) is 0 Å². The topological polar surface area (TPSA) is 9.23 Å². The van der Waals surface area contributed by atoms with E-state index in [0.29, 0.717) is 6.61 Å². The molecule has 0 amide bonds. The molecule has 16 heavy (non-hydrogen) atoms. The van der Waals surface area contributed by atoms with Crippen LogP contribution in [-0.2, 0) is 11.3 Å². The van der Waals surface area contributed by atoms with Crippen LogP contribution in [0.25, 0.3) is 0 Å². The van der Waals surface area contributed by atoms with Crippen LogP contribution in [0.2, 0.25) is 0 Å². The molecule has 90 valence electrons. The van der Waals surface area contributed by atoms with Crippen LogP contribution >= 0.6 is 12.6 Å². The fourth-order valence-corrected chi connectivity index (χ4v) is 2.22. The highest BCUT2D eigenvalue weighted by Crippen LogP contribution is 2.28. The summed E-state index contributed by atoms with van der Waals surface area (Å²) in [6, 6.07) is 10.3. The molecule has 0 unspecified atom stereocenters. The summed E-state index contributed by atoms with van der Waals surface area (Å²) in [7, 11) is 0. The first kappa shape index (κ1) is 13.6. The summed E-state index contributed by atoms with van der Waals surface area (Å²) in [5, 5.41) is 0. The number of benzene rings is 1. The van der Waals surface area contributed by atoms with Crippen molar-refractivity contribution < 1.29 is 4.74 Å². The maximum atomic E-state index is 5.81. The zero-order valence-corrected chi connectivity index (χ0v) is 11.2. The van der Waals surface area contributed by atoms with E-state index >= 15 is 0 Å². The molecule has 1 rings (SSSR count). The third-order valence-electron chi connectivity index (χ3n) is 3.36. The molecule has 0 fully saturated rings. The van der Waals surface area contributed by atoms with Crippen LogP contribution in [0, 0.1) is 5.41 Å². The van der Waals surface area contributed by atoms with Gasteiger partial charge in [-0.05, 0) is 24.2 Å². The Balaban J connectivity index is 2.39. The molecule has 0 saturated carbocycles. The van der Waals surface area contributed by atoms with Crippen molar-refractivity contribution in [2.24, 2.45) is 5.41 Å². The van der Waals surface area contributed by atoms with E-state index in [1.807, 2.05) is 18.2 Å². The third kappa shape index (κ3) is 3.84. The molecule has 0 atom stereocenters. The third-order valence-corrected chi connectivity index (χ3v) is 4.03. The molecule has 1 aromatic rings. The first-order valence-corrected chi connectivity index (χ1v) is 6.62. The van der Waals surface area contributed by atoms with E-state index in [9.17, 15) is 0 Å². The molecule has 0 saturated heterocycles. The molecule has 0 heterocycles. The van der Waals surface area contributed by atoms with Crippen molar-refractivity contribution in [3.63, 3.8) is 0 Å². The van der Waals surface area contributed by atoms with Crippen molar-refractivity contribution in [1.29, 1.82) is 0 Å². The average Bonchev–Trinajstić information content (AvgIpc) is 2.37. The minimum Gasteiger partial charge on any atom is -0.376 e. The van der Waals surface area contributed by atoms with Gasteiger partial charge in [0.05, 0.1) is 13.2 Å². The van der Waals surface area contributed by atoms with Crippen molar-refractivity contribution in [1.82, 2.24) is 0 Å². The van der Waals surface area contributed by atoms with Gasteiger partial charge in [-0.25, -0.2) is 0 Å². The van der Waals surface area contributed by atoms with Crippen LogP contribution in [0.1, 0.15) is 32.3 Å². The van der Waals surface area contributed by atoms with Crippen LogP contribution in [0.15, 0.2) is 30.3 Å². The lowest BCUT2D eigenvalue weighted by atomic mass is 9.85. The fourth-order valence-electron chi connectivity index (χ4n) is 1.68. The summed E-state index contributed by atoms with van der Waals surface area (Å²) in [6.45, 7) is 5.94. The Labute approximate surface area is 105 Å². The van der Waals surface area contributed by atoms with Gasteiger partial charge in [0.15, 0.2) is 0 Å². The second-order valence-corrected chi connectivity index (χ2v) is 4.66. The molecule has 0 N–H and O–H groups in total. The van der Waals surface area contributed by atoms with E-state index in [2.05, 4.69) is 38.6 Å². The second kappa shape index (κ2) is 6.97. The zero-order valence-electron chi connectivity index (χ0n) is 10.3. The largest absolute Gasteiger partial charge is 0.376 e. The van der Waals surface area contributed by atoms with Gasteiger partial charge in [-0.15, -0.1) is 0 Å². The highest BCUT2D eigenvalue weighted by atomic mass is 32.1. The van der Waals surface area contributed by atoms with Gasteiger partial charge in [0.25, 0.3) is 0 Å². The van der Waals surface area contributed by atoms with Crippen molar-refractivity contribution in [2.45, 2.75) is 33.3 Å². The molecule has 0 aliphatic rings. The maximum Gasteiger partial charge on any atom is 0.0717 e. The number of ether oxygens (including phenoxy) is 1. The molecule has 0 radical (unpaired) electrons. The lowest BCUT2D eigenvalue weighted by Crippen LogP contribution is -2.27. The summed E-state index contributed by atoms with van der Waals surface area (Å²) in [5.74, 6) is 0.898. The first-order valence-electron chi connectivity index (χ1n) is 5.99. The monoisotopic (exact) mass is 238 g/mol. The van der Waals surface area contributed by atoms with E-state index in [1.54, 1.807) is 0 Å². The van der Waals surface area contributed by atoms with Crippen molar-refractivity contribution >= 4 is 12.6 Å². The number of rotatable bonds is 7. The molecule has 0 aliphatic carbocycles. The predicted molar refractivity (Wildman–Crippen MR) is 73.0 cm³/mol. The Kier molecular flexibility index (Phi) is 5.93. The molecule has 0 spiro atoms. The molecule has 2 heteroatoms. The Morgan fingerprint density at radius 2 is 1.75 bits per heavy atom. The quantitative estimate of drug-likeness (QED) is 0.708.